The van der Waals surface area contributed by atoms with Gasteiger partial charge in [0.05, 0.1) is 11.4 Å². The molecule has 0 bridgehead atoms. The van der Waals surface area contributed by atoms with E-state index >= 15 is 0 Å². The van der Waals surface area contributed by atoms with Gasteiger partial charge in [-0.3, -0.25) is 4.79 Å². The molecule has 126 valence electrons. The zero-order valence-corrected chi connectivity index (χ0v) is 15.3. The van der Waals surface area contributed by atoms with Gasteiger partial charge in [0.15, 0.2) is 0 Å². The number of nitrogen functional groups attached to an aromatic ring is 1. The molecule has 1 aliphatic rings. The Morgan fingerprint density at radius 2 is 2.08 bits per heavy atom. The first kappa shape index (κ1) is 16.8. The predicted molar refractivity (Wildman–Crippen MR) is 104 cm³/mol. The number of amides is 1. The molecule has 1 saturated heterocycles. The zero-order valence-electron chi connectivity index (χ0n) is 13.8. The highest BCUT2D eigenvalue weighted by atomic mass is 79.9. The highest BCUT2D eigenvalue weighted by Gasteiger charge is 2.20. The van der Waals surface area contributed by atoms with Crippen molar-refractivity contribution in [2.45, 2.75) is 32.2 Å². The summed E-state index contributed by atoms with van der Waals surface area (Å²) in [5, 5.41) is 2.91. The van der Waals surface area contributed by atoms with Gasteiger partial charge in [0, 0.05) is 28.3 Å². The molecule has 5 heteroatoms. The largest absolute Gasteiger partial charge is 0.397 e. The maximum absolute atomic E-state index is 12.3. The monoisotopic (exact) mass is 387 g/mol. The van der Waals surface area contributed by atoms with E-state index in [1.807, 2.05) is 30.3 Å². The molecule has 0 aliphatic carbocycles. The number of carbonyl (C=O) groups is 1. The van der Waals surface area contributed by atoms with Crippen molar-refractivity contribution in [2.75, 3.05) is 22.5 Å². The normalized spacial score (nSPS) is 17.6. The Hall–Kier alpha value is -2.01. The summed E-state index contributed by atoms with van der Waals surface area (Å²) in [6, 6.07) is 13.6. The predicted octanol–water partition coefficient (Wildman–Crippen LogP) is 4.66. The van der Waals surface area contributed by atoms with Crippen LogP contribution >= 0.6 is 15.9 Å². The molecule has 2 aromatic carbocycles. The van der Waals surface area contributed by atoms with Gasteiger partial charge in [0.2, 0.25) is 0 Å². The summed E-state index contributed by atoms with van der Waals surface area (Å²) in [6.07, 6.45) is 3.67. The highest BCUT2D eigenvalue weighted by Crippen LogP contribution is 2.31. The Bertz CT molecular complexity index is 747. The highest BCUT2D eigenvalue weighted by molar-refractivity contribution is 9.10. The van der Waals surface area contributed by atoms with Crippen LogP contribution < -0.4 is 16.0 Å². The van der Waals surface area contributed by atoms with Crippen molar-refractivity contribution >= 4 is 38.9 Å². The van der Waals surface area contributed by atoms with Crippen molar-refractivity contribution in [3.8, 4) is 0 Å². The third-order valence-corrected chi connectivity index (χ3v) is 4.98. The number of halogens is 1. The molecule has 4 nitrogen and oxygen atoms in total. The average Bonchev–Trinajstić information content (AvgIpc) is 2.56. The van der Waals surface area contributed by atoms with Crippen molar-refractivity contribution in [3.05, 3.63) is 52.5 Å². The first-order valence-corrected chi connectivity index (χ1v) is 9.07. The Labute approximate surface area is 151 Å². The summed E-state index contributed by atoms with van der Waals surface area (Å²) in [7, 11) is 0. The molecule has 2 aromatic rings. The fraction of sp³-hybridized carbons (Fsp3) is 0.316. The molecule has 1 fully saturated rings. The molecule has 0 aromatic heterocycles. The average molecular weight is 388 g/mol. The number of hydrogen-bond acceptors (Lipinski definition) is 3. The summed E-state index contributed by atoms with van der Waals surface area (Å²) in [6.45, 7) is 3.27. The van der Waals surface area contributed by atoms with E-state index in [0.29, 0.717) is 23.0 Å². The van der Waals surface area contributed by atoms with E-state index in [9.17, 15) is 4.79 Å². The van der Waals surface area contributed by atoms with E-state index in [1.165, 1.54) is 19.3 Å². The lowest BCUT2D eigenvalue weighted by Gasteiger charge is -2.36. The van der Waals surface area contributed by atoms with Crippen molar-refractivity contribution in [1.29, 1.82) is 0 Å². The van der Waals surface area contributed by atoms with Gasteiger partial charge in [-0.05, 0) is 62.6 Å². The van der Waals surface area contributed by atoms with Gasteiger partial charge in [0.25, 0.3) is 5.91 Å². The smallest absolute Gasteiger partial charge is 0.255 e. The van der Waals surface area contributed by atoms with Gasteiger partial charge in [0.1, 0.15) is 0 Å². The SMILES string of the molecule is C[C@H]1CCCCN1c1ccc(NC(=O)c2cccc(Br)c2)cc1N. The minimum Gasteiger partial charge on any atom is -0.397 e. The maximum Gasteiger partial charge on any atom is 0.255 e. The first-order chi connectivity index (χ1) is 11.5. The lowest BCUT2D eigenvalue weighted by molar-refractivity contribution is 0.102. The van der Waals surface area contributed by atoms with Gasteiger partial charge in [-0.15, -0.1) is 0 Å². The van der Waals surface area contributed by atoms with Gasteiger partial charge in [-0.2, -0.15) is 0 Å². The number of nitrogens with two attached hydrogens (primary N) is 1. The lowest BCUT2D eigenvalue weighted by atomic mass is 10.0. The first-order valence-electron chi connectivity index (χ1n) is 8.27. The number of piperidine rings is 1. The van der Waals surface area contributed by atoms with Crippen LogP contribution in [0.5, 0.6) is 0 Å². The standard InChI is InChI=1S/C19H22BrN3O/c1-13-5-2-3-10-23(13)18-9-8-16(12-17(18)21)22-19(24)14-6-4-7-15(20)11-14/h4,6-9,11-13H,2-3,5,10,21H2,1H3,(H,22,24)/t13-/m0/s1. The van der Waals surface area contributed by atoms with Crippen LogP contribution in [0.1, 0.15) is 36.5 Å². The van der Waals surface area contributed by atoms with Gasteiger partial charge < -0.3 is 16.0 Å². The molecule has 1 aliphatic heterocycles. The summed E-state index contributed by atoms with van der Waals surface area (Å²) >= 11 is 3.38. The second-order valence-electron chi connectivity index (χ2n) is 6.28. The molecular formula is C19H22BrN3O. The molecule has 0 spiro atoms. The van der Waals surface area contributed by atoms with E-state index in [-0.39, 0.29) is 5.91 Å². The van der Waals surface area contributed by atoms with Crippen molar-refractivity contribution in [1.82, 2.24) is 0 Å². The second-order valence-corrected chi connectivity index (χ2v) is 7.19. The van der Waals surface area contributed by atoms with Crippen LogP contribution in [0.15, 0.2) is 46.9 Å². The lowest BCUT2D eigenvalue weighted by Crippen LogP contribution is -2.37. The Balaban J connectivity index is 1.76. The van der Waals surface area contributed by atoms with Crippen LogP contribution in [0.3, 0.4) is 0 Å². The van der Waals surface area contributed by atoms with Crippen LogP contribution in [0.25, 0.3) is 0 Å². The molecular weight excluding hydrogens is 366 g/mol. The molecule has 1 heterocycles. The number of anilines is 3. The molecule has 1 atom stereocenters. The third kappa shape index (κ3) is 3.73. The third-order valence-electron chi connectivity index (χ3n) is 4.48. The minimum absolute atomic E-state index is 0.144. The maximum atomic E-state index is 12.3. The Kier molecular flexibility index (Phi) is 5.09. The van der Waals surface area contributed by atoms with Crippen molar-refractivity contribution < 1.29 is 4.79 Å². The fourth-order valence-electron chi connectivity index (χ4n) is 3.18. The zero-order chi connectivity index (χ0) is 17.1. The molecule has 24 heavy (non-hydrogen) atoms. The van der Waals surface area contributed by atoms with Gasteiger partial charge in [-0.25, -0.2) is 0 Å². The number of nitrogens with zero attached hydrogens (tertiary/aromatic N) is 1. The topological polar surface area (TPSA) is 58.4 Å². The quantitative estimate of drug-likeness (QED) is 0.752. The van der Waals surface area contributed by atoms with Gasteiger partial charge in [-0.1, -0.05) is 22.0 Å². The summed E-state index contributed by atoms with van der Waals surface area (Å²) < 4.78 is 0.879. The van der Waals surface area contributed by atoms with Crippen molar-refractivity contribution in [3.63, 3.8) is 0 Å². The summed E-state index contributed by atoms with van der Waals surface area (Å²) in [5.74, 6) is -0.144. The number of hydrogen-bond donors (Lipinski definition) is 2. The van der Waals surface area contributed by atoms with Crippen molar-refractivity contribution in [2.24, 2.45) is 0 Å². The van der Waals surface area contributed by atoms with E-state index in [4.69, 9.17) is 5.73 Å². The van der Waals surface area contributed by atoms with Gasteiger partial charge >= 0.3 is 0 Å². The van der Waals surface area contributed by atoms with Crippen LogP contribution in [-0.4, -0.2) is 18.5 Å². The molecule has 0 saturated carbocycles. The number of carbonyl (C=O) groups excluding carboxylic acids is 1. The fourth-order valence-corrected chi connectivity index (χ4v) is 3.58. The molecule has 1 amide bonds. The van der Waals surface area contributed by atoms with E-state index in [2.05, 4.69) is 33.1 Å². The summed E-state index contributed by atoms with van der Waals surface area (Å²) in [5.41, 5.74) is 9.34. The van der Waals surface area contributed by atoms with Crippen LogP contribution in [0, 0.1) is 0 Å². The minimum atomic E-state index is -0.144. The molecule has 0 unspecified atom stereocenters. The Morgan fingerprint density at radius 1 is 1.25 bits per heavy atom. The second kappa shape index (κ2) is 7.26. The van der Waals surface area contributed by atoms with Crippen LogP contribution in [0.2, 0.25) is 0 Å². The Morgan fingerprint density at radius 3 is 2.79 bits per heavy atom. The summed E-state index contributed by atoms with van der Waals surface area (Å²) in [4.78, 5) is 14.7. The van der Waals surface area contributed by atoms with E-state index in [1.54, 1.807) is 12.1 Å². The van der Waals surface area contributed by atoms with Crippen LogP contribution in [0.4, 0.5) is 17.1 Å². The molecule has 3 N–H and O–H groups in total. The van der Waals surface area contributed by atoms with Crippen LogP contribution in [-0.2, 0) is 0 Å². The van der Waals surface area contributed by atoms with E-state index in [0.717, 1.165) is 16.7 Å². The number of benzene rings is 2. The number of nitrogens with one attached hydrogen (secondary N) is 1. The molecule has 0 radical (unpaired) electrons. The van der Waals surface area contributed by atoms with E-state index < -0.39 is 0 Å². The number of rotatable bonds is 3. The molecule has 3 rings (SSSR count).